The molecule has 9 rings (SSSR count). The van der Waals surface area contributed by atoms with Crippen LogP contribution < -0.4 is 4.90 Å². The number of nitrogens with zero attached hydrogens (tertiary/aromatic N) is 2. The first kappa shape index (κ1) is 25.7. The molecule has 1 aliphatic carbocycles. The monoisotopic (exact) mass is 578 g/mol. The molecule has 3 heteroatoms. The standard InChI is InChI=1S/C42H30N2O/c1-28-11-9-10-24-43(31-12-3-2-4-13-31)38-21-18-29(25-35(28)38)30-19-22-40-36(26-30)33-14-5-7-16-39(33)44(40)32-20-23-42-37(27-32)34-15-6-8-17-41(34)45-42/h2-4,6-13,15-27H,1,5,14H2/b11-9-,24-10-. The third kappa shape index (κ3) is 4.12. The second-order valence-corrected chi connectivity index (χ2v) is 11.8. The van der Waals surface area contributed by atoms with Crippen molar-refractivity contribution in [1.82, 2.24) is 4.57 Å². The molecule has 3 nitrogen and oxygen atoms in total. The molecular formula is C42H30N2O. The molecule has 0 N–H and O–H groups in total. The Morgan fingerprint density at radius 1 is 0.644 bits per heavy atom. The van der Waals surface area contributed by atoms with Crippen LogP contribution in [0.4, 0.5) is 11.4 Å². The van der Waals surface area contributed by atoms with Gasteiger partial charge in [-0.05, 0) is 108 Å². The highest BCUT2D eigenvalue weighted by Gasteiger charge is 2.21. The van der Waals surface area contributed by atoms with Crippen molar-refractivity contribution >= 4 is 55.9 Å². The van der Waals surface area contributed by atoms with Crippen LogP contribution >= 0.6 is 0 Å². The third-order valence-corrected chi connectivity index (χ3v) is 9.18. The van der Waals surface area contributed by atoms with Crippen LogP contribution in [0.15, 0.2) is 151 Å². The van der Waals surface area contributed by atoms with Gasteiger partial charge >= 0.3 is 0 Å². The molecule has 0 amide bonds. The lowest BCUT2D eigenvalue weighted by molar-refractivity contribution is 0.669. The van der Waals surface area contributed by atoms with Crippen LogP contribution in [0.2, 0.25) is 0 Å². The van der Waals surface area contributed by atoms with Gasteiger partial charge in [0.1, 0.15) is 11.2 Å². The summed E-state index contributed by atoms with van der Waals surface area (Å²) in [6, 6.07) is 39.0. The second-order valence-electron chi connectivity index (χ2n) is 11.8. The van der Waals surface area contributed by atoms with Gasteiger partial charge in [-0.15, -0.1) is 0 Å². The summed E-state index contributed by atoms with van der Waals surface area (Å²) >= 11 is 0. The number of aryl methyl sites for hydroxylation is 1. The summed E-state index contributed by atoms with van der Waals surface area (Å²) in [4.78, 5) is 2.24. The minimum Gasteiger partial charge on any atom is -0.456 e. The molecule has 45 heavy (non-hydrogen) atoms. The zero-order valence-electron chi connectivity index (χ0n) is 24.8. The van der Waals surface area contributed by atoms with Gasteiger partial charge in [-0.25, -0.2) is 0 Å². The molecule has 7 aromatic rings. The highest BCUT2D eigenvalue weighted by molar-refractivity contribution is 6.06. The Morgan fingerprint density at radius 3 is 2.40 bits per heavy atom. The average Bonchev–Trinajstić information content (AvgIpc) is 3.62. The van der Waals surface area contributed by atoms with Gasteiger partial charge in [-0.2, -0.15) is 0 Å². The molecule has 0 spiro atoms. The van der Waals surface area contributed by atoms with Crippen LogP contribution in [0.1, 0.15) is 23.2 Å². The van der Waals surface area contributed by atoms with Crippen molar-refractivity contribution in [2.24, 2.45) is 0 Å². The Bertz CT molecular complexity index is 2400. The van der Waals surface area contributed by atoms with Crippen molar-refractivity contribution < 1.29 is 4.42 Å². The van der Waals surface area contributed by atoms with Gasteiger partial charge in [0.15, 0.2) is 0 Å². The minimum absolute atomic E-state index is 0.916. The Morgan fingerprint density at radius 2 is 1.47 bits per heavy atom. The molecule has 3 heterocycles. The van der Waals surface area contributed by atoms with E-state index in [4.69, 9.17) is 4.42 Å². The molecule has 0 bridgehead atoms. The first-order valence-corrected chi connectivity index (χ1v) is 15.5. The molecule has 2 aromatic heterocycles. The van der Waals surface area contributed by atoms with Crippen LogP contribution in [0.5, 0.6) is 0 Å². The molecule has 0 fully saturated rings. The van der Waals surface area contributed by atoms with E-state index in [1.165, 1.54) is 33.3 Å². The fraction of sp³-hybridized carbons (Fsp3) is 0.0476. The van der Waals surface area contributed by atoms with E-state index >= 15 is 0 Å². The third-order valence-electron chi connectivity index (χ3n) is 9.18. The second kappa shape index (κ2) is 10.1. The average molecular weight is 579 g/mol. The Hall–Kier alpha value is -5.80. The van der Waals surface area contributed by atoms with Crippen molar-refractivity contribution in [3.63, 3.8) is 0 Å². The van der Waals surface area contributed by atoms with Gasteiger partial charge < -0.3 is 13.9 Å². The summed E-state index contributed by atoms with van der Waals surface area (Å²) in [5, 5.41) is 3.60. The van der Waals surface area contributed by atoms with E-state index in [1.807, 2.05) is 12.1 Å². The van der Waals surface area contributed by atoms with Crippen LogP contribution in [0.25, 0.3) is 61.3 Å². The van der Waals surface area contributed by atoms with Crippen LogP contribution in [0.3, 0.4) is 0 Å². The number of aromatic nitrogens is 1. The summed E-state index contributed by atoms with van der Waals surface area (Å²) in [6.45, 7) is 4.44. The first-order chi connectivity index (χ1) is 22.2. The quantitative estimate of drug-likeness (QED) is 0.208. The molecule has 0 radical (unpaired) electrons. The molecular weight excluding hydrogens is 548 g/mol. The molecule has 0 saturated heterocycles. The fourth-order valence-electron chi connectivity index (χ4n) is 7.02. The summed E-state index contributed by atoms with van der Waals surface area (Å²) in [5.74, 6) is 0. The lowest BCUT2D eigenvalue weighted by Gasteiger charge is -2.25. The molecule has 2 aliphatic rings. The number of hydrogen-bond donors (Lipinski definition) is 0. The van der Waals surface area contributed by atoms with E-state index in [0.717, 1.165) is 63.0 Å². The van der Waals surface area contributed by atoms with E-state index in [1.54, 1.807) is 0 Å². The van der Waals surface area contributed by atoms with Crippen molar-refractivity contribution in [2.45, 2.75) is 12.8 Å². The van der Waals surface area contributed by atoms with Crippen molar-refractivity contribution in [1.29, 1.82) is 0 Å². The number of rotatable bonds is 3. The molecule has 0 atom stereocenters. The SMILES string of the molecule is C=C1/C=C\C=C/N(c2ccccc2)c2ccc(-c3ccc4c(c3)c3c(n4-c4ccc5oc6ccccc6c5c4)C=CCC3)cc21. The first-order valence-electron chi connectivity index (χ1n) is 15.5. The summed E-state index contributed by atoms with van der Waals surface area (Å²) < 4.78 is 8.56. The van der Waals surface area contributed by atoms with E-state index < -0.39 is 0 Å². The summed E-state index contributed by atoms with van der Waals surface area (Å²) in [7, 11) is 0. The number of fused-ring (bicyclic) bond motifs is 7. The number of anilines is 2. The predicted molar refractivity (Wildman–Crippen MR) is 189 cm³/mol. The largest absolute Gasteiger partial charge is 0.456 e. The molecule has 1 aliphatic heterocycles. The maximum Gasteiger partial charge on any atom is 0.135 e. The zero-order valence-corrected chi connectivity index (χ0v) is 24.8. The van der Waals surface area contributed by atoms with Gasteiger partial charge in [0.2, 0.25) is 0 Å². The predicted octanol–water partition coefficient (Wildman–Crippen LogP) is 11.4. The van der Waals surface area contributed by atoms with E-state index in [2.05, 4.69) is 150 Å². The van der Waals surface area contributed by atoms with E-state index in [9.17, 15) is 0 Å². The lowest BCUT2D eigenvalue weighted by Crippen LogP contribution is -2.11. The fourth-order valence-corrected chi connectivity index (χ4v) is 7.02. The molecule has 0 saturated carbocycles. The molecule has 0 unspecified atom stereocenters. The molecule has 214 valence electrons. The van der Waals surface area contributed by atoms with Crippen LogP contribution in [-0.4, -0.2) is 4.57 Å². The minimum atomic E-state index is 0.916. The maximum atomic E-state index is 6.14. The van der Waals surface area contributed by atoms with Crippen LogP contribution in [-0.2, 0) is 6.42 Å². The van der Waals surface area contributed by atoms with E-state index in [0.29, 0.717) is 0 Å². The maximum absolute atomic E-state index is 6.14. The van der Waals surface area contributed by atoms with Gasteiger partial charge in [0.25, 0.3) is 0 Å². The van der Waals surface area contributed by atoms with Gasteiger partial charge in [0.05, 0.1) is 11.2 Å². The van der Waals surface area contributed by atoms with Gasteiger partial charge in [-0.1, -0.05) is 73.3 Å². The Kier molecular flexibility index (Phi) is 5.79. The normalized spacial score (nSPS) is 15.6. The molecule has 5 aromatic carbocycles. The zero-order chi connectivity index (χ0) is 29.9. The highest BCUT2D eigenvalue weighted by atomic mass is 16.3. The number of hydrogen-bond acceptors (Lipinski definition) is 2. The number of furan rings is 1. The van der Waals surface area contributed by atoms with Gasteiger partial charge in [0, 0.05) is 45.0 Å². The number of para-hydroxylation sites is 2. The lowest BCUT2D eigenvalue weighted by atomic mass is 9.94. The van der Waals surface area contributed by atoms with Crippen molar-refractivity contribution in [3.8, 4) is 16.8 Å². The van der Waals surface area contributed by atoms with Crippen molar-refractivity contribution in [3.05, 3.63) is 163 Å². The van der Waals surface area contributed by atoms with Crippen LogP contribution in [0, 0.1) is 0 Å². The topological polar surface area (TPSA) is 21.3 Å². The van der Waals surface area contributed by atoms with Crippen molar-refractivity contribution in [2.75, 3.05) is 4.90 Å². The highest BCUT2D eigenvalue weighted by Crippen LogP contribution is 2.40. The smallest absolute Gasteiger partial charge is 0.135 e. The number of allylic oxidation sites excluding steroid dienone is 5. The Labute approximate surface area is 262 Å². The Balaban J connectivity index is 1.19. The number of benzene rings is 5. The van der Waals surface area contributed by atoms with E-state index in [-0.39, 0.29) is 0 Å². The van der Waals surface area contributed by atoms with Gasteiger partial charge in [-0.3, -0.25) is 0 Å². The summed E-state index contributed by atoms with van der Waals surface area (Å²) in [5.41, 5.74) is 13.6. The summed E-state index contributed by atoms with van der Waals surface area (Å²) in [6.07, 6.45) is 15.0.